The van der Waals surface area contributed by atoms with E-state index in [1.165, 1.54) is 19.2 Å². The van der Waals surface area contributed by atoms with Crippen LogP contribution in [0.25, 0.3) is 0 Å². The second-order valence-corrected chi connectivity index (χ2v) is 4.10. The van der Waals surface area contributed by atoms with E-state index in [2.05, 4.69) is 10.6 Å². The number of amides is 2. The van der Waals surface area contributed by atoms with Crippen LogP contribution < -0.4 is 10.6 Å². The number of rotatable bonds is 6. The van der Waals surface area contributed by atoms with Crippen LogP contribution in [0.2, 0.25) is 5.02 Å². The molecular weight excluding hydrogens is 275 g/mol. The normalized spacial score (nSPS) is 10.1. The molecule has 0 atom stereocenters. The van der Waals surface area contributed by atoms with E-state index in [4.69, 9.17) is 16.3 Å². The number of anilines is 1. The van der Waals surface area contributed by atoms with Crippen molar-refractivity contribution < 1.29 is 18.7 Å². The number of methoxy groups -OCH3 is 1. The molecule has 0 unspecified atom stereocenters. The van der Waals surface area contributed by atoms with Gasteiger partial charge in [0.1, 0.15) is 12.2 Å². The maximum Gasteiger partial charge on any atom is 0.233 e. The number of carbonyl (C=O) groups excluding carboxylic acids is 2. The third-order valence-electron chi connectivity index (χ3n) is 2.15. The largest absolute Gasteiger partial charge is 0.383 e. The molecule has 5 nitrogen and oxygen atoms in total. The highest BCUT2D eigenvalue weighted by Crippen LogP contribution is 2.19. The van der Waals surface area contributed by atoms with E-state index < -0.39 is 17.6 Å². The summed E-state index contributed by atoms with van der Waals surface area (Å²) in [4.78, 5) is 22.8. The summed E-state index contributed by atoms with van der Waals surface area (Å²) < 4.78 is 17.7. The van der Waals surface area contributed by atoms with Crippen molar-refractivity contribution in [2.24, 2.45) is 0 Å². The first kappa shape index (κ1) is 15.4. The van der Waals surface area contributed by atoms with E-state index in [0.29, 0.717) is 18.8 Å². The zero-order valence-electron chi connectivity index (χ0n) is 10.3. The lowest BCUT2D eigenvalue weighted by molar-refractivity contribution is -0.126. The fraction of sp³-hybridized carbons (Fsp3) is 0.333. The van der Waals surface area contributed by atoms with Gasteiger partial charge in [-0.15, -0.1) is 0 Å². The SMILES string of the molecule is COCCNC(=O)CC(=O)Nc1ccc(F)c(Cl)c1. The van der Waals surface area contributed by atoms with E-state index in [-0.39, 0.29) is 11.4 Å². The fourth-order valence-corrected chi connectivity index (χ4v) is 1.46. The Bertz CT molecular complexity index is 468. The summed E-state index contributed by atoms with van der Waals surface area (Å²) in [6.07, 6.45) is -0.321. The van der Waals surface area contributed by atoms with Crippen LogP contribution >= 0.6 is 11.6 Å². The van der Waals surface area contributed by atoms with Gasteiger partial charge in [-0.3, -0.25) is 9.59 Å². The van der Waals surface area contributed by atoms with Crippen LogP contribution in [-0.4, -0.2) is 32.1 Å². The van der Waals surface area contributed by atoms with Crippen molar-refractivity contribution in [1.29, 1.82) is 0 Å². The number of hydrogen-bond donors (Lipinski definition) is 2. The molecule has 2 amide bonds. The Hall–Kier alpha value is -1.66. The summed E-state index contributed by atoms with van der Waals surface area (Å²) in [6, 6.07) is 3.77. The van der Waals surface area contributed by atoms with Crippen LogP contribution in [0.5, 0.6) is 0 Å². The molecule has 0 heterocycles. The summed E-state index contributed by atoms with van der Waals surface area (Å²) in [5.74, 6) is -1.49. The summed E-state index contributed by atoms with van der Waals surface area (Å²) in [6.45, 7) is 0.714. The predicted molar refractivity (Wildman–Crippen MR) is 69.5 cm³/mol. The summed E-state index contributed by atoms with van der Waals surface area (Å²) in [7, 11) is 1.51. The topological polar surface area (TPSA) is 67.4 Å². The van der Waals surface area contributed by atoms with Gasteiger partial charge in [0.25, 0.3) is 0 Å². The van der Waals surface area contributed by atoms with Crippen molar-refractivity contribution in [3.8, 4) is 0 Å². The van der Waals surface area contributed by atoms with Crippen LogP contribution in [0.3, 0.4) is 0 Å². The zero-order valence-corrected chi connectivity index (χ0v) is 11.1. The van der Waals surface area contributed by atoms with Crippen LogP contribution in [0.15, 0.2) is 18.2 Å². The second kappa shape index (κ2) is 7.70. The Labute approximate surface area is 115 Å². The van der Waals surface area contributed by atoms with Gasteiger partial charge in [-0.25, -0.2) is 4.39 Å². The molecule has 2 N–H and O–H groups in total. The lowest BCUT2D eigenvalue weighted by Gasteiger charge is -2.06. The molecule has 7 heteroatoms. The summed E-state index contributed by atoms with van der Waals surface area (Å²) >= 11 is 5.57. The molecule has 1 aromatic rings. The van der Waals surface area contributed by atoms with Crippen molar-refractivity contribution in [3.05, 3.63) is 29.0 Å². The van der Waals surface area contributed by atoms with E-state index in [1.807, 2.05) is 0 Å². The van der Waals surface area contributed by atoms with Crippen molar-refractivity contribution in [3.63, 3.8) is 0 Å². The van der Waals surface area contributed by atoms with Gasteiger partial charge in [0.15, 0.2) is 0 Å². The molecule has 0 aliphatic heterocycles. The Morgan fingerprint density at radius 3 is 2.74 bits per heavy atom. The van der Waals surface area contributed by atoms with Gasteiger partial charge in [0.2, 0.25) is 11.8 Å². The molecule has 0 spiro atoms. The quantitative estimate of drug-likeness (QED) is 0.617. The molecule has 0 bridgehead atoms. The van der Waals surface area contributed by atoms with Gasteiger partial charge in [0, 0.05) is 19.3 Å². The minimum absolute atomic E-state index is 0.0950. The number of nitrogens with one attached hydrogen (secondary N) is 2. The van der Waals surface area contributed by atoms with Crippen LogP contribution in [0, 0.1) is 5.82 Å². The predicted octanol–water partition coefficient (Wildman–Crippen LogP) is 1.57. The molecule has 0 saturated carbocycles. The molecule has 0 aliphatic carbocycles. The average Bonchev–Trinajstić information content (AvgIpc) is 2.34. The summed E-state index contributed by atoms with van der Waals surface area (Å²) in [5, 5.41) is 4.86. The molecular formula is C12H14ClFN2O3. The Balaban J connectivity index is 2.42. The second-order valence-electron chi connectivity index (χ2n) is 3.70. The Kier molecular flexibility index (Phi) is 6.24. The van der Waals surface area contributed by atoms with Crippen LogP contribution in [0.4, 0.5) is 10.1 Å². The maximum absolute atomic E-state index is 12.9. The molecule has 0 saturated heterocycles. The number of benzene rings is 1. The van der Waals surface area contributed by atoms with Crippen LogP contribution in [-0.2, 0) is 14.3 Å². The lowest BCUT2D eigenvalue weighted by atomic mass is 10.3. The average molecular weight is 289 g/mol. The molecule has 19 heavy (non-hydrogen) atoms. The molecule has 0 aliphatic rings. The van der Waals surface area contributed by atoms with Crippen LogP contribution in [0.1, 0.15) is 6.42 Å². The summed E-state index contributed by atoms with van der Waals surface area (Å²) in [5.41, 5.74) is 0.334. The van der Waals surface area contributed by atoms with Gasteiger partial charge < -0.3 is 15.4 Å². The first-order chi connectivity index (χ1) is 9.02. The van der Waals surface area contributed by atoms with E-state index in [9.17, 15) is 14.0 Å². The molecule has 0 fully saturated rings. The van der Waals surface area contributed by atoms with Gasteiger partial charge >= 0.3 is 0 Å². The highest BCUT2D eigenvalue weighted by atomic mass is 35.5. The number of carbonyl (C=O) groups is 2. The van der Waals surface area contributed by atoms with E-state index >= 15 is 0 Å². The molecule has 0 aromatic heterocycles. The third kappa shape index (κ3) is 5.67. The molecule has 1 aromatic carbocycles. The minimum Gasteiger partial charge on any atom is -0.383 e. The van der Waals surface area contributed by atoms with Gasteiger partial charge in [-0.1, -0.05) is 11.6 Å². The maximum atomic E-state index is 12.9. The first-order valence-electron chi connectivity index (χ1n) is 5.53. The Morgan fingerprint density at radius 2 is 2.11 bits per heavy atom. The number of ether oxygens (including phenoxy) is 1. The number of halogens is 2. The smallest absolute Gasteiger partial charge is 0.233 e. The van der Waals surface area contributed by atoms with Gasteiger partial charge in [-0.2, -0.15) is 0 Å². The minimum atomic E-state index is -0.572. The van der Waals surface area contributed by atoms with E-state index in [0.717, 1.165) is 6.07 Å². The molecule has 104 valence electrons. The zero-order chi connectivity index (χ0) is 14.3. The van der Waals surface area contributed by atoms with Crippen molar-refractivity contribution in [2.45, 2.75) is 6.42 Å². The fourth-order valence-electron chi connectivity index (χ4n) is 1.28. The first-order valence-corrected chi connectivity index (χ1v) is 5.91. The van der Waals surface area contributed by atoms with Gasteiger partial charge in [-0.05, 0) is 18.2 Å². The van der Waals surface area contributed by atoms with Crippen molar-refractivity contribution >= 4 is 29.1 Å². The van der Waals surface area contributed by atoms with Gasteiger partial charge in [0.05, 0.1) is 11.6 Å². The lowest BCUT2D eigenvalue weighted by Crippen LogP contribution is -2.30. The number of hydrogen-bond acceptors (Lipinski definition) is 3. The molecule has 1 rings (SSSR count). The Morgan fingerprint density at radius 1 is 1.37 bits per heavy atom. The highest BCUT2D eigenvalue weighted by Gasteiger charge is 2.10. The third-order valence-corrected chi connectivity index (χ3v) is 2.44. The van der Waals surface area contributed by atoms with Crippen molar-refractivity contribution in [2.75, 3.05) is 25.6 Å². The van der Waals surface area contributed by atoms with Crippen molar-refractivity contribution in [1.82, 2.24) is 5.32 Å². The highest BCUT2D eigenvalue weighted by molar-refractivity contribution is 6.31. The standard InChI is InChI=1S/C12H14ClFN2O3/c1-19-5-4-15-11(17)7-12(18)16-8-2-3-10(14)9(13)6-8/h2-3,6H,4-5,7H2,1H3,(H,15,17)(H,16,18). The molecule has 0 radical (unpaired) electrons. The monoisotopic (exact) mass is 288 g/mol. The van der Waals surface area contributed by atoms with E-state index in [1.54, 1.807) is 0 Å².